The van der Waals surface area contributed by atoms with Crippen molar-refractivity contribution in [3.05, 3.63) is 53.6 Å². The van der Waals surface area contributed by atoms with Gasteiger partial charge in [0.15, 0.2) is 0 Å². The van der Waals surface area contributed by atoms with Gasteiger partial charge in [0.1, 0.15) is 5.82 Å². The summed E-state index contributed by atoms with van der Waals surface area (Å²) in [5.74, 6) is 2.56. The molecule has 1 aliphatic rings. The Bertz CT molecular complexity index is 753. The van der Waals surface area contributed by atoms with Crippen molar-refractivity contribution in [2.75, 3.05) is 5.75 Å². The molecular formula is C24H35N3OS. The van der Waals surface area contributed by atoms with Crippen LogP contribution in [0.15, 0.2) is 36.5 Å². The number of rotatable bonds is 11. The topological polar surface area (TPSA) is 46.9 Å². The van der Waals surface area contributed by atoms with Gasteiger partial charge in [0.05, 0.1) is 18.4 Å². The van der Waals surface area contributed by atoms with E-state index in [1.807, 2.05) is 12.3 Å². The Morgan fingerprint density at radius 1 is 1.28 bits per heavy atom. The van der Waals surface area contributed by atoms with Gasteiger partial charge in [0.2, 0.25) is 5.91 Å². The lowest BCUT2D eigenvalue weighted by Gasteiger charge is -2.19. The van der Waals surface area contributed by atoms with Crippen molar-refractivity contribution < 1.29 is 4.79 Å². The largest absolute Gasteiger partial charge is 0.350 e. The van der Waals surface area contributed by atoms with Gasteiger partial charge in [-0.1, -0.05) is 69.4 Å². The van der Waals surface area contributed by atoms with E-state index in [0.717, 1.165) is 43.7 Å². The molecule has 29 heavy (non-hydrogen) atoms. The van der Waals surface area contributed by atoms with Gasteiger partial charge in [-0.05, 0) is 24.3 Å². The van der Waals surface area contributed by atoms with Crippen LogP contribution >= 0.6 is 12.6 Å². The van der Waals surface area contributed by atoms with Crippen LogP contribution in [0, 0.1) is 11.8 Å². The molecule has 0 saturated heterocycles. The summed E-state index contributed by atoms with van der Waals surface area (Å²) in [5, 5.41) is 3.17. The van der Waals surface area contributed by atoms with Gasteiger partial charge in [-0.2, -0.15) is 12.6 Å². The first-order valence-electron chi connectivity index (χ1n) is 11.2. The first-order valence-corrected chi connectivity index (χ1v) is 11.8. The fraction of sp³-hybridized carbons (Fsp3) is 0.583. The molecule has 3 rings (SSSR count). The number of imidazole rings is 1. The molecule has 1 heterocycles. The van der Waals surface area contributed by atoms with E-state index in [1.165, 1.54) is 31.2 Å². The molecule has 158 valence electrons. The van der Waals surface area contributed by atoms with E-state index in [1.54, 1.807) is 0 Å². The highest BCUT2D eigenvalue weighted by atomic mass is 32.1. The molecule has 5 heteroatoms. The monoisotopic (exact) mass is 413 g/mol. The van der Waals surface area contributed by atoms with Crippen LogP contribution in [0.3, 0.4) is 0 Å². The van der Waals surface area contributed by atoms with Gasteiger partial charge < -0.3 is 9.88 Å². The molecule has 2 aromatic rings. The predicted octanol–water partition coefficient (Wildman–Crippen LogP) is 5.02. The highest BCUT2D eigenvalue weighted by molar-refractivity contribution is 7.80. The summed E-state index contributed by atoms with van der Waals surface area (Å²) in [6.45, 7) is 3.52. The molecule has 1 aromatic carbocycles. The van der Waals surface area contributed by atoms with E-state index in [0.29, 0.717) is 18.2 Å². The second-order valence-corrected chi connectivity index (χ2v) is 8.69. The summed E-state index contributed by atoms with van der Waals surface area (Å²) in [6.07, 6.45) is 11.3. The highest BCUT2D eigenvalue weighted by Gasteiger charge is 2.24. The van der Waals surface area contributed by atoms with Gasteiger partial charge in [-0.15, -0.1) is 0 Å². The van der Waals surface area contributed by atoms with Gasteiger partial charge in [-0.25, -0.2) is 4.98 Å². The molecule has 0 bridgehead atoms. The standard InChI is InChI=1S/C24H35N3OS/c1-2-3-13-23-25-15-22(27(23)17-20-11-5-4-6-12-20)16-26-24(28)21(18-29)14-19-9-7-8-10-19/h4-6,11-12,15,19,21,29H,2-3,7-10,13-14,16-18H2,1H3,(H,26,28). The lowest BCUT2D eigenvalue weighted by Crippen LogP contribution is -2.33. The number of unbranched alkanes of at least 4 members (excludes halogenated alkanes) is 1. The first kappa shape index (κ1) is 21.9. The molecule has 1 fully saturated rings. The number of aromatic nitrogens is 2. The minimum absolute atomic E-state index is 0.00601. The molecule has 0 aliphatic heterocycles. The third-order valence-corrected chi connectivity index (χ3v) is 6.53. The lowest BCUT2D eigenvalue weighted by molar-refractivity contribution is -0.125. The first-order chi connectivity index (χ1) is 14.2. The Hall–Kier alpha value is -1.75. The van der Waals surface area contributed by atoms with Crippen molar-refractivity contribution in [1.29, 1.82) is 0 Å². The summed E-state index contributed by atoms with van der Waals surface area (Å²) in [5.41, 5.74) is 2.33. The second kappa shape index (κ2) is 11.4. The Kier molecular flexibility index (Phi) is 8.66. The van der Waals surface area contributed by atoms with Crippen molar-refractivity contribution in [3.8, 4) is 0 Å². The molecular weight excluding hydrogens is 378 g/mol. The van der Waals surface area contributed by atoms with E-state index in [4.69, 9.17) is 0 Å². The molecule has 0 radical (unpaired) electrons. The van der Waals surface area contributed by atoms with Crippen molar-refractivity contribution in [2.45, 2.75) is 71.4 Å². The number of carbonyl (C=O) groups is 1. The van der Waals surface area contributed by atoms with Gasteiger partial charge >= 0.3 is 0 Å². The molecule has 1 amide bonds. The summed E-state index contributed by atoms with van der Waals surface area (Å²) in [7, 11) is 0. The van der Waals surface area contributed by atoms with Crippen LogP contribution in [0.4, 0.5) is 0 Å². The number of carbonyl (C=O) groups excluding carboxylic acids is 1. The second-order valence-electron chi connectivity index (χ2n) is 8.32. The molecule has 1 saturated carbocycles. The van der Waals surface area contributed by atoms with Crippen LogP contribution in [0.25, 0.3) is 0 Å². The molecule has 1 aromatic heterocycles. The van der Waals surface area contributed by atoms with Gasteiger partial charge in [0.25, 0.3) is 0 Å². The maximum atomic E-state index is 12.8. The van der Waals surface area contributed by atoms with Crippen LogP contribution in [0.1, 0.15) is 69.0 Å². The van der Waals surface area contributed by atoms with Crippen molar-refractivity contribution in [1.82, 2.24) is 14.9 Å². The Morgan fingerprint density at radius 2 is 2.03 bits per heavy atom. The van der Waals surface area contributed by atoms with Gasteiger partial charge in [0, 0.05) is 24.6 Å². The van der Waals surface area contributed by atoms with Crippen LogP contribution in [-0.4, -0.2) is 21.2 Å². The number of thiol groups is 1. The number of hydrogen-bond acceptors (Lipinski definition) is 3. The minimum Gasteiger partial charge on any atom is -0.350 e. The molecule has 1 aliphatic carbocycles. The SMILES string of the molecule is CCCCc1ncc(CNC(=O)C(CS)CC2CCCC2)n1Cc1ccccc1. The van der Waals surface area contributed by atoms with E-state index in [9.17, 15) is 4.79 Å². The highest BCUT2D eigenvalue weighted by Crippen LogP contribution is 2.30. The fourth-order valence-electron chi connectivity index (χ4n) is 4.32. The average Bonchev–Trinajstić information content (AvgIpc) is 3.39. The maximum absolute atomic E-state index is 12.8. The zero-order valence-electron chi connectivity index (χ0n) is 17.6. The summed E-state index contributed by atoms with van der Waals surface area (Å²) in [4.78, 5) is 17.5. The molecule has 4 nitrogen and oxygen atoms in total. The van der Waals surface area contributed by atoms with Crippen molar-refractivity contribution >= 4 is 18.5 Å². The summed E-state index contributed by atoms with van der Waals surface area (Å²) in [6, 6.07) is 10.5. The lowest BCUT2D eigenvalue weighted by atomic mass is 9.94. The maximum Gasteiger partial charge on any atom is 0.224 e. The van der Waals surface area contributed by atoms with Crippen LogP contribution in [0.5, 0.6) is 0 Å². The predicted molar refractivity (Wildman–Crippen MR) is 122 cm³/mol. The number of benzene rings is 1. The third-order valence-electron chi connectivity index (χ3n) is 6.09. The smallest absolute Gasteiger partial charge is 0.224 e. The number of aryl methyl sites for hydroxylation is 1. The Labute approximate surface area is 180 Å². The zero-order chi connectivity index (χ0) is 20.5. The summed E-state index contributed by atoms with van der Waals surface area (Å²) < 4.78 is 2.28. The van der Waals surface area contributed by atoms with E-state index in [2.05, 4.69) is 58.7 Å². The van der Waals surface area contributed by atoms with E-state index in [-0.39, 0.29) is 11.8 Å². The van der Waals surface area contributed by atoms with Crippen LogP contribution in [-0.2, 0) is 24.3 Å². The number of nitrogens with one attached hydrogen (secondary N) is 1. The average molecular weight is 414 g/mol. The molecule has 1 N–H and O–H groups in total. The number of amides is 1. The number of nitrogens with zero attached hydrogens (tertiary/aromatic N) is 2. The molecule has 1 unspecified atom stereocenters. The van der Waals surface area contributed by atoms with Crippen LogP contribution in [0.2, 0.25) is 0 Å². The quantitative estimate of drug-likeness (QED) is 0.508. The van der Waals surface area contributed by atoms with E-state index < -0.39 is 0 Å². The normalized spacial score (nSPS) is 15.5. The minimum atomic E-state index is 0.00601. The fourth-order valence-corrected chi connectivity index (χ4v) is 4.64. The molecule has 1 atom stereocenters. The Morgan fingerprint density at radius 3 is 2.72 bits per heavy atom. The molecule has 0 spiro atoms. The summed E-state index contributed by atoms with van der Waals surface area (Å²) >= 11 is 4.46. The third kappa shape index (κ3) is 6.36. The zero-order valence-corrected chi connectivity index (χ0v) is 18.5. The Balaban J connectivity index is 1.65. The van der Waals surface area contributed by atoms with Crippen molar-refractivity contribution in [2.24, 2.45) is 11.8 Å². The number of hydrogen-bond donors (Lipinski definition) is 2. The van der Waals surface area contributed by atoms with E-state index >= 15 is 0 Å². The van der Waals surface area contributed by atoms with Gasteiger partial charge in [-0.3, -0.25) is 4.79 Å². The van der Waals surface area contributed by atoms with Crippen molar-refractivity contribution in [3.63, 3.8) is 0 Å². The van der Waals surface area contributed by atoms with Crippen LogP contribution < -0.4 is 5.32 Å².